The van der Waals surface area contributed by atoms with Crippen LogP contribution in [-0.4, -0.2) is 10.1 Å². The first kappa shape index (κ1) is 12.1. The molecule has 1 heterocycles. The van der Waals surface area contributed by atoms with Crippen molar-refractivity contribution in [2.75, 3.05) is 0 Å². The van der Waals surface area contributed by atoms with Gasteiger partial charge in [0.25, 0.3) is 0 Å². The molecular formula is C15H19NO. The summed E-state index contributed by atoms with van der Waals surface area (Å²) in [6, 6.07) is 9.87. The Bertz CT molecular complexity index is 514. The summed E-state index contributed by atoms with van der Waals surface area (Å²) in [4.78, 5) is 4.33. The van der Waals surface area contributed by atoms with Gasteiger partial charge in [-0.05, 0) is 30.5 Å². The van der Waals surface area contributed by atoms with Crippen molar-refractivity contribution in [2.45, 2.75) is 32.8 Å². The summed E-state index contributed by atoms with van der Waals surface area (Å²) >= 11 is 0. The third-order valence-corrected chi connectivity index (χ3v) is 3.76. The molecule has 1 aromatic carbocycles. The lowest BCUT2D eigenvalue weighted by Gasteiger charge is -2.31. The fraction of sp³-hybridized carbons (Fsp3) is 0.400. The Balaban J connectivity index is 2.63. The molecule has 0 fully saturated rings. The molecule has 0 spiro atoms. The monoisotopic (exact) mass is 229 g/mol. The SMILES string of the molecule is CCC(C)C(C)(O)c1cccc2ncccc12. The predicted molar refractivity (Wildman–Crippen MR) is 70.8 cm³/mol. The number of hydrogen-bond acceptors (Lipinski definition) is 2. The highest BCUT2D eigenvalue weighted by Gasteiger charge is 2.30. The Morgan fingerprint density at radius 1 is 1.29 bits per heavy atom. The zero-order valence-electron chi connectivity index (χ0n) is 10.6. The van der Waals surface area contributed by atoms with Crippen molar-refractivity contribution in [1.82, 2.24) is 4.98 Å². The lowest BCUT2D eigenvalue weighted by molar-refractivity contribution is 0.00142. The molecule has 0 saturated carbocycles. The minimum absolute atomic E-state index is 0.216. The summed E-state index contributed by atoms with van der Waals surface area (Å²) in [5.74, 6) is 0.216. The van der Waals surface area contributed by atoms with Crippen LogP contribution >= 0.6 is 0 Å². The molecule has 1 aromatic heterocycles. The molecule has 17 heavy (non-hydrogen) atoms. The topological polar surface area (TPSA) is 33.1 Å². The molecule has 0 radical (unpaired) electrons. The van der Waals surface area contributed by atoms with Crippen molar-refractivity contribution < 1.29 is 5.11 Å². The molecular weight excluding hydrogens is 210 g/mol. The van der Waals surface area contributed by atoms with Crippen LogP contribution in [0.5, 0.6) is 0 Å². The van der Waals surface area contributed by atoms with Crippen molar-refractivity contribution in [3.05, 3.63) is 42.1 Å². The Labute approximate surface area is 102 Å². The summed E-state index contributed by atoms with van der Waals surface area (Å²) in [6.07, 6.45) is 2.73. The molecule has 0 bridgehead atoms. The van der Waals surface area contributed by atoms with Gasteiger partial charge in [-0.25, -0.2) is 0 Å². The van der Waals surface area contributed by atoms with E-state index in [9.17, 15) is 5.11 Å². The highest BCUT2D eigenvalue weighted by molar-refractivity contribution is 5.82. The first-order valence-corrected chi connectivity index (χ1v) is 6.14. The van der Waals surface area contributed by atoms with Crippen LogP contribution < -0.4 is 0 Å². The molecule has 0 aliphatic heterocycles. The van der Waals surface area contributed by atoms with Gasteiger partial charge in [0.2, 0.25) is 0 Å². The second kappa shape index (κ2) is 4.46. The van der Waals surface area contributed by atoms with Gasteiger partial charge in [0.1, 0.15) is 0 Å². The van der Waals surface area contributed by atoms with E-state index in [1.807, 2.05) is 37.3 Å². The van der Waals surface area contributed by atoms with Gasteiger partial charge in [-0.3, -0.25) is 4.98 Å². The number of benzene rings is 1. The first-order valence-electron chi connectivity index (χ1n) is 6.14. The molecule has 2 unspecified atom stereocenters. The molecule has 2 nitrogen and oxygen atoms in total. The maximum Gasteiger partial charge on any atom is 0.0900 e. The van der Waals surface area contributed by atoms with Gasteiger partial charge < -0.3 is 5.11 Å². The summed E-state index contributed by atoms with van der Waals surface area (Å²) in [5, 5.41) is 11.8. The molecule has 0 aliphatic rings. The minimum Gasteiger partial charge on any atom is -0.385 e. The third-order valence-electron chi connectivity index (χ3n) is 3.76. The maximum absolute atomic E-state index is 10.7. The molecule has 2 heteroatoms. The molecule has 0 amide bonds. The van der Waals surface area contributed by atoms with E-state index in [2.05, 4.69) is 18.8 Å². The molecule has 2 aromatic rings. The van der Waals surface area contributed by atoms with Gasteiger partial charge in [0.05, 0.1) is 11.1 Å². The fourth-order valence-corrected chi connectivity index (χ4v) is 2.21. The van der Waals surface area contributed by atoms with Crippen LogP contribution in [0.3, 0.4) is 0 Å². The number of rotatable bonds is 3. The van der Waals surface area contributed by atoms with Crippen LogP contribution in [-0.2, 0) is 5.60 Å². The molecule has 2 rings (SSSR count). The van der Waals surface area contributed by atoms with Crippen LogP contribution in [0, 0.1) is 5.92 Å². The van der Waals surface area contributed by atoms with Crippen molar-refractivity contribution in [3.8, 4) is 0 Å². The Hall–Kier alpha value is -1.41. The number of nitrogens with zero attached hydrogens (tertiary/aromatic N) is 1. The van der Waals surface area contributed by atoms with Crippen LogP contribution in [0.25, 0.3) is 10.9 Å². The smallest absolute Gasteiger partial charge is 0.0900 e. The van der Waals surface area contributed by atoms with Crippen molar-refractivity contribution in [3.63, 3.8) is 0 Å². The Morgan fingerprint density at radius 2 is 2.06 bits per heavy atom. The van der Waals surface area contributed by atoms with E-state index in [-0.39, 0.29) is 5.92 Å². The number of aliphatic hydroxyl groups is 1. The molecule has 0 saturated heterocycles. The van der Waals surface area contributed by atoms with Gasteiger partial charge in [-0.1, -0.05) is 38.5 Å². The quantitative estimate of drug-likeness (QED) is 0.874. The van der Waals surface area contributed by atoms with Gasteiger partial charge >= 0.3 is 0 Å². The normalized spacial score (nSPS) is 16.7. The minimum atomic E-state index is -0.808. The average molecular weight is 229 g/mol. The van der Waals surface area contributed by atoms with Crippen LogP contribution in [0.2, 0.25) is 0 Å². The van der Waals surface area contributed by atoms with Crippen molar-refractivity contribution in [2.24, 2.45) is 5.92 Å². The van der Waals surface area contributed by atoms with E-state index in [0.29, 0.717) is 0 Å². The highest BCUT2D eigenvalue weighted by atomic mass is 16.3. The van der Waals surface area contributed by atoms with E-state index in [0.717, 1.165) is 22.9 Å². The maximum atomic E-state index is 10.7. The van der Waals surface area contributed by atoms with E-state index in [1.165, 1.54) is 0 Å². The van der Waals surface area contributed by atoms with E-state index < -0.39 is 5.60 Å². The number of pyridine rings is 1. The summed E-state index contributed by atoms with van der Waals surface area (Å²) in [5.41, 5.74) is 1.10. The summed E-state index contributed by atoms with van der Waals surface area (Å²) < 4.78 is 0. The zero-order valence-corrected chi connectivity index (χ0v) is 10.6. The van der Waals surface area contributed by atoms with Crippen LogP contribution in [0.15, 0.2) is 36.5 Å². The van der Waals surface area contributed by atoms with Gasteiger partial charge in [0.15, 0.2) is 0 Å². The Kier molecular flexibility index (Phi) is 3.16. The molecule has 1 N–H and O–H groups in total. The largest absolute Gasteiger partial charge is 0.385 e. The van der Waals surface area contributed by atoms with Crippen molar-refractivity contribution >= 4 is 10.9 Å². The van der Waals surface area contributed by atoms with Crippen LogP contribution in [0.4, 0.5) is 0 Å². The molecule has 2 atom stereocenters. The van der Waals surface area contributed by atoms with Gasteiger partial charge in [-0.15, -0.1) is 0 Å². The van der Waals surface area contributed by atoms with E-state index in [4.69, 9.17) is 0 Å². The third kappa shape index (κ3) is 2.05. The Morgan fingerprint density at radius 3 is 2.76 bits per heavy atom. The summed E-state index contributed by atoms with van der Waals surface area (Å²) in [6.45, 7) is 6.07. The standard InChI is InChI=1S/C15H19NO/c1-4-11(2)15(3,17)13-8-5-9-14-12(13)7-6-10-16-14/h5-11,17H,4H2,1-3H3. The first-order chi connectivity index (χ1) is 8.07. The van der Waals surface area contributed by atoms with Crippen molar-refractivity contribution in [1.29, 1.82) is 0 Å². The number of fused-ring (bicyclic) bond motifs is 1. The number of hydrogen-bond donors (Lipinski definition) is 1. The highest BCUT2D eigenvalue weighted by Crippen LogP contribution is 2.35. The van der Waals surface area contributed by atoms with Gasteiger partial charge in [0, 0.05) is 11.6 Å². The fourth-order valence-electron chi connectivity index (χ4n) is 2.21. The lowest BCUT2D eigenvalue weighted by atomic mass is 9.81. The molecule has 90 valence electrons. The van der Waals surface area contributed by atoms with E-state index >= 15 is 0 Å². The second-order valence-corrected chi connectivity index (χ2v) is 4.83. The molecule has 0 aliphatic carbocycles. The predicted octanol–water partition coefficient (Wildman–Crippen LogP) is 3.49. The number of aromatic nitrogens is 1. The summed E-state index contributed by atoms with van der Waals surface area (Å²) in [7, 11) is 0. The average Bonchev–Trinajstić information content (AvgIpc) is 2.37. The zero-order chi connectivity index (χ0) is 12.5. The lowest BCUT2D eigenvalue weighted by Crippen LogP contribution is -2.29. The van der Waals surface area contributed by atoms with Crippen LogP contribution in [0.1, 0.15) is 32.8 Å². The van der Waals surface area contributed by atoms with Gasteiger partial charge in [-0.2, -0.15) is 0 Å². The second-order valence-electron chi connectivity index (χ2n) is 4.83. The van der Waals surface area contributed by atoms with E-state index in [1.54, 1.807) is 6.20 Å².